The second-order valence-electron chi connectivity index (χ2n) is 5.15. The van der Waals surface area contributed by atoms with E-state index in [2.05, 4.69) is 25.4 Å². The van der Waals surface area contributed by atoms with Crippen LogP contribution in [0.5, 0.6) is 0 Å². The Bertz CT molecular complexity index is 925. The molecule has 0 radical (unpaired) electrons. The molecule has 0 saturated heterocycles. The van der Waals surface area contributed by atoms with E-state index >= 15 is 0 Å². The Hall–Kier alpha value is -3.55. The number of H-pyrrole nitrogens is 1. The standard InChI is InChI=1S/C17H16N6O2/c1-19-15(24)9-16-22-17(23-25-16)12-5-2-4-11(8-12)13-10-20-14(21-13)6-3-7-18/h2-8,10,18H,9H2,1H3,(H,19,24)(H,20,21)/b6-3-,18-7?. The van der Waals surface area contributed by atoms with Crippen molar-refractivity contribution in [3.8, 4) is 22.6 Å². The van der Waals surface area contributed by atoms with Gasteiger partial charge in [0.15, 0.2) is 0 Å². The first-order chi connectivity index (χ1) is 12.2. The summed E-state index contributed by atoms with van der Waals surface area (Å²) in [6.45, 7) is 0. The maximum absolute atomic E-state index is 11.4. The van der Waals surface area contributed by atoms with Crippen molar-refractivity contribution in [3.05, 3.63) is 48.3 Å². The average Bonchev–Trinajstić information content (AvgIpc) is 3.29. The van der Waals surface area contributed by atoms with Crippen molar-refractivity contribution < 1.29 is 9.32 Å². The van der Waals surface area contributed by atoms with Crippen LogP contribution in [0.1, 0.15) is 11.7 Å². The fourth-order valence-electron chi connectivity index (χ4n) is 2.20. The van der Waals surface area contributed by atoms with Gasteiger partial charge in [0.2, 0.25) is 17.6 Å². The molecule has 25 heavy (non-hydrogen) atoms. The van der Waals surface area contributed by atoms with E-state index in [0.717, 1.165) is 16.8 Å². The lowest BCUT2D eigenvalue weighted by Crippen LogP contribution is -2.20. The third-order valence-corrected chi connectivity index (χ3v) is 3.44. The number of hydrogen-bond donors (Lipinski definition) is 3. The van der Waals surface area contributed by atoms with Gasteiger partial charge in [-0.3, -0.25) is 4.79 Å². The van der Waals surface area contributed by atoms with E-state index in [9.17, 15) is 4.79 Å². The second-order valence-corrected chi connectivity index (χ2v) is 5.15. The van der Waals surface area contributed by atoms with Gasteiger partial charge in [0.05, 0.1) is 11.9 Å². The van der Waals surface area contributed by atoms with E-state index in [-0.39, 0.29) is 18.2 Å². The Labute approximate surface area is 143 Å². The van der Waals surface area contributed by atoms with Crippen molar-refractivity contribution >= 4 is 18.2 Å². The van der Waals surface area contributed by atoms with Gasteiger partial charge in [-0.15, -0.1) is 0 Å². The highest BCUT2D eigenvalue weighted by molar-refractivity contribution is 5.77. The van der Waals surface area contributed by atoms with E-state index in [1.807, 2.05) is 24.3 Å². The van der Waals surface area contributed by atoms with Crippen LogP contribution in [0.4, 0.5) is 0 Å². The molecule has 1 amide bonds. The molecule has 0 spiro atoms. The summed E-state index contributed by atoms with van der Waals surface area (Å²) in [6.07, 6.45) is 6.26. The number of amides is 1. The summed E-state index contributed by atoms with van der Waals surface area (Å²) in [5, 5.41) is 13.4. The fourth-order valence-corrected chi connectivity index (χ4v) is 2.20. The average molecular weight is 336 g/mol. The van der Waals surface area contributed by atoms with Gasteiger partial charge in [-0.1, -0.05) is 23.4 Å². The molecule has 0 aliphatic rings. The van der Waals surface area contributed by atoms with Gasteiger partial charge in [0.1, 0.15) is 12.2 Å². The topological polar surface area (TPSA) is 121 Å². The molecule has 0 aliphatic carbocycles. The van der Waals surface area contributed by atoms with Crippen LogP contribution in [-0.4, -0.2) is 39.3 Å². The molecule has 0 atom stereocenters. The lowest BCUT2D eigenvalue weighted by Gasteiger charge is -2.00. The summed E-state index contributed by atoms with van der Waals surface area (Å²) in [7, 11) is 1.55. The van der Waals surface area contributed by atoms with Crippen molar-refractivity contribution in [1.82, 2.24) is 25.4 Å². The molecule has 2 heterocycles. The first kappa shape index (κ1) is 16.3. The van der Waals surface area contributed by atoms with Crippen molar-refractivity contribution in [2.45, 2.75) is 6.42 Å². The minimum atomic E-state index is -0.188. The van der Waals surface area contributed by atoms with Crippen molar-refractivity contribution in [2.75, 3.05) is 7.05 Å². The van der Waals surface area contributed by atoms with Gasteiger partial charge in [0.25, 0.3) is 0 Å². The molecule has 3 rings (SSSR count). The molecule has 8 heteroatoms. The molecular weight excluding hydrogens is 320 g/mol. The van der Waals surface area contributed by atoms with Gasteiger partial charge in [-0.2, -0.15) is 4.98 Å². The van der Waals surface area contributed by atoms with Crippen LogP contribution < -0.4 is 5.32 Å². The van der Waals surface area contributed by atoms with E-state index in [0.29, 0.717) is 11.6 Å². The largest absolute Gasteiger partial charge is 0.359 e. The predicted octanol–water partition coefficient (Wildman–Crippen LogP) is 2.08. The number of likely N-dealkylation sites (N-methyl/N-ethyl adjacent to an activating group) is 1. The predicted molar refractivity (Wildman–Crippen MR) is 92.9 cm³/mol. The summed E-state index contributed by atoms with van der Waals surface area (Å²) >= 11 is 0. The number of aromatic amines is 1. The zero-order valence-electron chi connectivity index (χ0n) is 13.5. The van der Waals surface area contributed by atoms with Crippen LogP contribution in [0.2, 0.25) is 0 Å². The van der Waals surface area contributed by atoms with E-state index in [1.165, 1.54) is 6.21 Å². The zero-order chi connectivity index (χ0) is 17.6. The number of carbonyl (C=O) groups excluding carboxylic acids is 1. The van der Waals surface area contributed by atoms with Gasteiger partial charge in [-0.25, -0.2) is 4.98 Å². The van der Waals surface area contributed by atoms with E-state index in [1.54, 1.807) is 25.4 Å². The molecule has 0 fully saturated rings. The molecular formula is C17H16N6O2. The van der Waals surface area contributed by atoms with Crippen molar-refractivity contribution in [3.63, 3.8) is 0 Å². The molecule has 0 saturated carbocycles. The third-order valence-electron chi connectivity index (χ3n) is 3.44. The van der Waals surface area contributed by atoms with Gasteiger partial charge in [-0.05, 0) is 18.2 Å². The van der Waals surface area contributed by atoms with Crippen LogP contribution in [0.15, 0.2) is 41.1 Å². The summed E-state index contributed by atoms with van der Waals surface area (Å²) < 4.78 is 5.11. The van der Waals surface area contributed by atoms with Crippen molar-refractivity contribution in [1.29, 1.82) is 5.41 Å². The van der Waals surface area contributed by atoms with Crippen molar-refractivity contribution in [2.24, 2.45) is 0 Å². The number of allylic oxidation sites excluding steroid dienone is 1. The maximum atomic E-state index is 11.4. The maximum Gasteiger partial charge on any atom is 0.236 e. The number of nitrogens with zero attached hydrogens (tertiary/aromatic N) is 3. The number of aromatic nitrogens is 4. The monoisotopic (exact) mass is 336 g/mol. The summed E-state index contributed by atoms with van der Waals surface area (Å²) in [6, 6.07) is 7.59. The number of imidazole rings is 1. The number of hydrogen-bond acceptors (Lipinski definition) is 6. The molecule has 0 unspecified atom stereocenters. The van der Waals surface area contributed by atoms with Crippen LogP contribution in [0.3, 0.4) is 0 Å². The van der Waals surface area contributed by atoms with Crippen LogP contribution in [0.25, 0.3) is 28.7 Å². The highest BCUT2D eigenvalue weighted by atomic mass is 16.5. The fraction of sp³-hybridized carbons (Fsp3) is 0.118. The van der Waals surface area contributed by atoms with Gasteiger partial charge < -0.3 is 20.2 Å². The lowest BCUT2D eigenvalue weighted by molar-refractivity contribution is -0.120. The normalized spacial score (nSPS) is 10.9. The first-order valence-corrected chi connectivity index (χ1v) is 7.55. The van der Waals surface area contributed by atoms with Crippen LogP contribution in [0, 0.1) is 5.41 Å². The minimum Gasteiger partial charge on any atom is -0.359 e. The first-order valence-electron chi connectivity index (χ1n) is 7.55. The molecule has 0 bridgehead atoms. The molecule has 3 N–H and O–H groups in total. The zero-order valence-corrected chi connectivity index (χ0v) is 13.5. The number of carbonyl (C=O) groups is 1. The quantitative estimate of drug-likeness (QED) is 0.595. The lowest BCUT2D eigenvalue weighted by atomic mass is 10.1. The Balaban J connectivity index is 1.84. The molecule has 2 aromatic heterocycles. The Morgan fingerprint density at radius 3 is 3.04 bits per heavy atom. The summed E-state index contributed by atoms with van der Waals surface area (Å²) in [5.74, 6) is 1.16. The summed E-state index contributed by atoms with van der Waals surface area (Å²) in [4.78, 5) is 23.0. The van der Waals surface area contributed by atoms with E-state index in [4.69, 9.17) is 9.93 Å². The number of nitrogens with one attached hydrogen (secondary N) is 3. The third kappa shape index (κ3) is 3.86. The van der Waals surface area contributed by atoms with Gasteiger partial charge in [0, 0.05) is 24.4 Å². The number of benzene rings is 1. The highest BCUT2D eigenvalue weighted by Crippen LogP contribution is 2.24. The van der Waals surface area contributed by atoms with Crippen LogP contribution in [-0.2, 0) is 11.2 Å². The summed E-state index contributed by atoms with van der Waals surface area (Å²) in [5.41, 5.74) is 2.52. The molecule has 126 valence electrons. The Morgan fingerprint density at radius 1 is 1.40 bits per heavy atom. The molecule has 8 nitrogen and oxygen atoms in total. The second kappa shape index (κ2) is 7.35. The van der Waals surface area contributed by atoms with E-state index < -0.39 is 0 Å². The minimum absolute atomic E-state index is 0.0481. The Morgan fingerprint density at radius 2 is 2.24 bits per heavy atom. The molecule has 1 aromatic carbocycles. The Kier molecular flexibility index (Phi) is 4.79. The van der Waals surface area contributed by atoms with Crippen LogP contribution >= 0.6 is 0 Å². The molecule has 3 aromatic rings. The SMILES string of the molecule is CNC(=O)Cc1nc(-c2cccc(-c3cnc(/C=C\C=N)[nH]3)c2)no1. The van der Waals surface area contributed by atoms with Gasteiger partial charge >= 0.3 is 0 Å². The smallest absolute Gasteiger partial charge is 0.236 e. The molecule has 0 aliphatic heterocycles. The highest BCUT2D eigenvalue weighted by Gasteiger charge is 2.12. The number of rotatable bonds is 6.